The number of aromatic nitrogens is 4. The number of pyridine rings is 4. The largest absolute Gasteiger partial charge is 0.338 e. The van der Waals surface area contributed by atoms with Gasteiger partial charge in [0, 0.05) is 85.7 Å². The maximum absolute atomic E-state index is 13.4. The number of benzene rings is 4. The second kappa shape index (κ2) is 26.9. The van der Waals surface area contributed by atoms with E-state index in [4.69, 9.17) is 5.26 Å². The van der Waals surface area contributed by atoms with Crippen molar-refractivity contribution in [2.45, 2.75) is 52.3 Å². The van der Waals surface area contributed by atoms with E-state index in [2.05, 4.69) is 133 Å². The number of amides is 2. The highest BCUT2D eigenvalue weighted by Crippen LogP contribution is 2.36. The number of nitrogens with zero attached hydrogens (tertiary/aromatic N) is 8. The molecule has 2 saturated heterocycles. The SMILES string of the molecule is BrCc1ccc(-c2ccccc2)cc1.C.C.N#CC1(Cc2ccc(-c3ccccc3)cc2)CCN(C(=O)c2cccnc2-c2ccncc2)CC1.N#CC1CCN(C(=O)c2cccnc2-c2ccncc2)CC1. The van der Waals surface area contributed by atoms with Gasteiger partial charge < -0.3 is 9.80 Å². The summed E-state index contributed by atoms with van der Waals surface area (Å²) in [5, 5.41) is 20.0. The molecule has 4 aromatic carbocycles. The zero-order chi connectivity index (χ0) is 49.3. The number of hydrogen-bond donors (Lipinski definition) is 0. The van der Waals surface area contributed by atoms with Crippen molar-refractivity contribution in [3.63, 3.8) is 0 Å². The summed E-state index contributed by atoms with van der Waals surface area (Å²) in [4.78, 5) is 46.8. The van der Waals surface area contributed by atoms with Crippen LogP contribution in [0.1, 0.15) is 72.4 Å². The first-order chi connectivity index (χ1) is 34.9. The van der Waals surface area contributed by atoms with Crippen LogP contribution in [0.15, 0.2) is 195 Å². The average Bonchev–Trinajstić information content (AvgIpc) is 3.46. The third-order valence-corrected chi connectivity index (χ3v) is 13.7. The highest BCUT2D eigenvalue weighted by Gasteiger charge is 2.37. The van der Waals surface area contributed by atoms with Gasteiger partial charge in [-0.25, -0.2) is 0 Å². The minimum absolute atomic E-state index is 0. The Morgan fingerprint density at radius 2 is 0.918 bits per heavy atom. The van der Waals surface area contributed by atoms with Gasteiger partial charge in [-0.05, 0) is 114 Å². The predicted octanol–water partition coefficient (Wildman–Crippen LogP) is 13.8. The number of carbonyl (C=O) groups excluding carboxylic acids is 2. The van der Waals surface area contributed by atoms with Gasteiger partial charge in [0.2, 0.25) is 0 Å². The lowest BCUT2D eigenvalue weighted by molar-refractivity contribution is 0.0646. The normalized spacial score (nSPS) is 13.6. The molecule has 4 aromatic heterocycles. The van der Waals surface area contributed by atoms with E-state index in [-0.39, 0.29) is 32.6 Å². The number of hydrogen-bond acceptors (Lipinski definition) is 8. The van der Waals surface area contributed by atoms with Gasteiger partial charge in [0.05, 0.1) is 40.1 Å². The summed E-state index contributed by atoms with van der Waals surface area (Å²) in [6.45, 7) is 2.36. The number of likely N-dealkylation sites (tertiary alicyclic amines) is 2. The zero-order valence-corrected chi connectivity index (χ0v) is 41.0. The summed E-state index contributed by atoms with van der Waals surface area (Å²) in [6.07, 6.45) is 13.7. The van der Waals surface area contributed by atoms with Crippen LogP contribution in [0.3, 0.4) is 0 Å². The van der Waals surface area contributed by atoms with Crippen LogP contribution in [-0.2, 0) is 11.8 Å². The van der Waals surface area contributed by atoms with E-state index in [9.17, 15) is 14.9 Å². The van der Waals surface area contributed by atoms with Crippen molar-refractivity contribution in [3.05, 3.63) is 217 Å². The summed E-state index contributed by atoms with van der Waals surface area (Å²) in [5.74, 6) is 0.0117. The second-order valence-electron chi connectivity index (χ2n) is 17.6. The fraction of sp³-hybridized carbons (Fsp3) is 0.226. The lowest BCUT2D eigenvalue weighted by Crippen LogP contribution is -2.43. The topological polar surface area (TPSA) is 140 Å². The van der Waals surface area contributed by atoms with Crippen LogP contribution in [0.5, 0.6) is 0 Å². The highest BCUT2D eigenvalue weighted by molar-refractivity contribution is 9.08. The first kappa shape index (κ1) is 54.2. The molecule has 2 aliphatic rings. The maximum atomic E-state index is 13.4. The van der Waals surface area contributed by atoms with E-state index in [0.717, 1.165) is 34.9 Å². The Morgan fingerprint density at radius 3 is 1.33 bits per heavy atom. The fourth-order valence-electron chi connectivity index (χ4n) is 8.91. The number of rotatable bonds is 9. The number of halogens is 1. The number of piperidine rings is 2. The quantitative estimate of drug-likeness (QED) is 0.130. The number of carbonyl (C=O) groups is 2. The minimum Gasteiger partial charge on any atom is -0.338 e. The average molecular weight is 1030 g/mol. The molecule has 0 bridgehead atoms. The number of nitriles is 2. The van der Waals surface area contributed by atoms with Gasteiger partial charge in [-0.3, -0.25) is 29.5 Å². The van der Waals surface area contributed by atoms with Gasteiger partial charge in [0.15, 0.2) is 0 Å². The Morgan fingerprint density at radius 1 is 0.507 bits per heavy atom. The maximum Gasteiger partial charge on any atom is 0.256 e. The Labute approximate surface area is 439 Å². The predicted molar refractivity (Wildman–Crippen MR) is 296 cm³/mol. The molecule has 0 N–H and O–H groups in total. The van der Waals surface area contributed by atoms with Crippen molar-refractivity contribution in [1.29, 1.82) is 10.5 Å². The molecule has 0 aliphatic carbocycles. The highest BCUT2D eigenvalue weighted by atomic mass is 79.9. The molecule has 73 heavy (non-hydrogen) atoms. The lowest BCUT2D eigenvalue weighted by Gasteiger charge is -2.37. The summed E-state index contributed by atoms with van der Waals surface area (Å²) in [6, 6.07) is 57.3. The molecule has 2 aliphatic heterocycles. The third kappa shape index (κ3) is 14.1. The van der Waals surface area contributed by atoms with Gasteiger partial charge in [-0.1, -0.05) is 140 Å². The molecular weight excluding hydrogens is 969 g/mol. The number of alkyl halides is 1. The molecule has 2 fully saturated rings. The molecule has 11 heteroatoms. The molecule has 6 heterocycles. The van der Waals surface area contributed by atoms with Gasteiger partial charge in [-0.2, -0.15) is 10.5 Å². The molecule has 10 rings (SSSR count). The van der Waals surface area contributed by atoms with Gasteiger partial charge in [0.1, 0.15) is 0 Å². The molecule has 0 saturated carbocycles. The molecule has 0 radical (unpaired) electrons. The fourth-order valence-corrected chi connectivity index (χ4v) is 9.28. The van der Waals surface area contributed by atoms with Gasteiger partial charge >= 0.3 is 0 Å². The first-order valence-corrected chi connectivity index (χ1v) is 24.9. The van der Waals surface area contributed by atoms with E-state index in [1.165, 1.54) is 27.8 Å². The van der Waals surface area contributed by atoms with Crippen molar-refractivity contribution in [3.8, 4) is 56.9 Å². The van der Waals surface area contributed by atoms with Crippen molar-refractivity contribution >= 4 is 27.7 Å². The Bertz CT molecular complexity index is 3060. The van der Waals surface area contributed by atoms with Crippen LogP contribution < -0.4 is 0 Å². The summed E-state index contributed by atoms with van der Waals surface area (Å²) in [5.41, 5.74) is 11.2. The lowest BCUT2D eigenvalue weighted by atomic mass is 9.75. The molecule has 2 amide bonds. The second-order valence-corrected chi connectivity index (χ2v) is 18.1. The first-order valence-electron chi connectivity index (χ1n) is 23.8. The molecule has 0 atom stereocenters. The standard InChI is InChI=1S/C30H26N4O.C17H16N4O.C13H11Br.2CH4/c31-22-30(21-23-8-10-25(11-9-23)24-5-2-1-3-6-24)14-19-34(20-15-30)29(35)27-7-4-16-33-28(27)26-12-17-32-18-13-26;18-12-13-5-10-21(11-6-13)17(22)15-2-1-7-20-16(15)14-3-8-19-9-4-14;14-10-11-6-8-13(9-7-11)12-4-2-1-3-5-12;;/h1-13,16-18H,14-15,19-21H2;1-4,7-9,13H,5-6,10-11H2;1-9H,10H2;2*1H4. The van der Waals surface area contributed by atoms with Crippen LogP contribution in [-0.4, -0.2) is 67.7 Å². The van der Waals surface area contributed by atoms with Gasteiger partial charge in [0.25, 0.3) is 11.8 Å². The van der Waals surface area contributed by atoms with Crippen LogP contribution in [0.25, 0.3) is 44.8 Å². The summed E-state index contributed by atoms with van der Waals surface area (Å²) < 4.78 is 0. The van der Waals surface area contributed by atoms with Crippen molar-refractivity contribution in [2.75, 3.05) is 26.2 Å². The van der Waals surface area contributed by atoms with Crippen LogP contribution in [0, 0.1) is 34.0 Å². The zero-order valence-electron chi connectivity index (χ0n) is 39.4. The third-order valence-electron chi connectivity index (χ3n) is 13.0. The molecule has 0 unspecified atom stereocenters. The van der Waals surface area contributed by atoms with E-state index in [1.54, 1.807) is 49.3 Å². The monoisotopic (exact) mass is 1030 g/mol. The van der Waals surface area contributed by atoms with Crippen molar-refractivity contribution in [1.82, 2.24) is 29.7 Å². The summed E-state index contributed by atoms with van der Waals surface area (Å²) >= 11 is 3.44. The van der Waals surface area contributed by atoms with Gasteiger partial charge in [-0.15, -0.1) is 0 Å². The Hall–Kier alpha value is -8.12. The van der Waals surface area contributed by atoms with E-state index < -0.39 is 5.41 Å². The van der Waals surface area contributed by atoms with E-state index >= 15 is 0 Å². The van der Waals surface area contributed by atoms with Crippen molar-refractivity contribution < 1.29 is 9.59 Å². The van der Waals surface area contributed by atoms with Crippen LogP contribution in [0.4, 0.5) is 0 Å². The Kier molecular flexibility index (Phi) is 20.0. The molecule has 368 valence electrons. The summed E-state index contributed by atoms with van der Waals surface area (Å²) in [7, 11) is 0. The van der Waals surface area contributed by atoms with E-state index in [0.29, 0.717) is 68.0 Å². The molecule has 0 spiro atoms. The molecule has 10 nitrogen and oxygen atoms in total. The van der Waals surface area contributed by atoms with Crippen LogP contribution in [0.2, 0.25) is 0 Å². The van der Waals surface area contributed by atoms with Crippen molar-refractivity contribution in [2.24, 2.45) is 11.3 Å². The van der Waals surface area contributed by atoms with Crippen LogP contribution >= 0.6 is 15.9 Å². The smallest absolute Gasteiger partial charge is 0.256 e. The molecule has 8 aromatic rings. The minimum atomic E-state index is -0.464. The molecular formula is C62H61BrN8O2. The van der Waals surface area contributed by atoms with E-state index in [1.807, 2.05) is 70.5 Å². The Balaban J connectivity index is 0.000000195.